The number of phenolic OH excluding ortho intramolecular Hbond substituents is 1. The molecule has 0 aliphatic carbocycles. The number of hydrogen-bond acceptors (Lipinski definition) is 6. The maximum absolute atomic E-state index is 13.4. The molecule has 1 fully saturated rings. The fraction of sp³-hybridized carbons (Fsp3) is 0.375. The average molecular weight is 490 g/mol. The van der Waals surface area contributed by atoms with E-state index < -0.39 is 23.4 Å². The normalized spacial score (nSPS) is 14.4. The lowest BCUT2D eigenvalue weighted by Crippen LogP contribution is -2.41. The Morgan fingerprint density at radius 3 is 2.46 bits per heavy atom. The van der Waals surface area contributed by atoms with Crippen LogP contribution in [0.5, 0.6) is 5.75 Å². The lowest BCUT2D eigenvalue weighted by molar-refractivity contribution is -0.120. The number of nitrogen functional groups attached to an aromatic ring is 1. The van der Waals surface area contributed by atoms with E-state index in [9.17, 15) is 28.3 Å². The van der Waals surface area contributed by atoms with Crippen molar-refractivity contribution in [1.29, 1.82) is 0 Å². The molecule has 2 aromatic carbocycles. The number of aromatic hydroxyl groups is 1. The van der Waals surface area contributed by atoms with Crippen LogP contribution in [0.3, 0.4) is 0 Å². The Morgan fingerprint density at radius 2 is 1.77 bits per heavy atom. The molecule has 3 amide bonds. The van der Waals surface area contributed by atoms with E-state index in [1.54, 1.807) is 12.1 Å². The predicted octanol–water partition coefficient (Wildman–Crippen LogP) is 1.97. The van der Waals surface area contributed by atoms with Crippen molar-refractivity contribution in [3.8, 4) is 5.75 Å². The van der Waals surface area contributed by atoms with Crippen molar-refractivity contribution in [3.63, 3.8) is 0 Å². The van der Waals surface area contributed by atoms with Crippen LogP contribution in [0, 0.1) is 17.6 Å². The molecule has 0 unspecified atom stereocenters. The smallest absolute Gasteiger partial charge is 0.253 e. The molecule has 0 atom stereocenters. The van der Waals surface area contributed by atoms with E-state index in [2.05, 4.69) is 20.9 Å². The van der Waals surface area contributed by atoms with Gasteiger partial charge in [-0.15, -0.1) is 0 Å². The molecule has 0 saturated carbocycles. The first-order valence-corrected chi connectivity index (χ1v) is 11.2. The van der Waals surface area contributed by atoms with Gasteiger partial charge in [0.05, 0.1) is 17.8 Å². The summed E-state index contributed by atoms with van der Waals surface area (Å²) in [6.07, 6.45) is 1.74. The Labute approximate surface area is 201 Å². The van der Waals surface area contributed by atoms with Crippen molar-refractivity contribution in [2.45, 2.75) is 26.3 Å². The number of rotatable bonds is 8. The molecule has 1 aliphatic heterocycles. The van der Waals surface area contributed by atoms with Crippen molar-refractivity contribution < 1.29 is 28.3 Å². The highest BCUT2D eigenvalue weighted by Crippen LogP contribution is 2.26. The minimum absolute atomic E-state index is 0.0166. The van der Waals surface area contributed by atoms with E-state index >= 15 is 0 Å². The van der Waals surface area contributed by atoms with Crippen molar-refractivity contribution in [2.24, 2.45) is 5.92 Å². The van der Waals surface area contributed by atoms with Gasteiger partial charge in [-0.25, -0.2) is 8.78 Å². The number of nitrogens with one attached hydrogen (secondary N) is 3. The number of anilines is 2. The summed E-state index contributed by atoms with van der Waals surface area (Å²) in [5.74, 6) is -3.46. The molecule has 0 aromatic heterocycles. The highest BCUT2D eigenvalue weighted by molar-refractivity contribution is 6.00. The zero-order chi connectivity index (χ0) is 25.5. The van der Waals surface area contributed by atoms with Crippen LogP contribution in [0.15, 0.2) is 30.3 Å². The van der Waals surface area contributed by atoms with Crippen molar-refractivity contribution >= 4 is 29.1 Å². The number of hydrogen-bond donors (Lipinski definition) is 5. The molecule has 0 radical (unpaired) electrons. The van der Waals surface area contributed by atoms with Gasteiger partial charge in [-0.1, -0.05) is 6.07 Å². The maximum Gasteiger partial charge on any atom is 0.253 e. The fourth-order valence-electron chi connectivity index (χ4n) is 3.91. The van der Waals surface area contributed by atoms with E-state index in [1.807, 2.05) is 6.07 Å². The van der Waals surface area contributed by atoms with E-state index in [-0.39, 0.29) is 35.4 Å². The summed E-state index contributed by atoms with van der Waals surface area (Å²) in [7, 11) is 0. The number of likely N-dealkylation sites (tertiary alicyclic amines) is 1. The summed E-state index contributed by atoms with van der Waals surface area (Å²) in [6.45, 7) is 3.85. The van der Waals surface area contributed by atoms with Crippen LogP contribution in [-0.4, -0.2) is 53.9 Å². The van der Waals surface area contributed by atoms with Crippen LogP contribution >= 0.6 is 0 Å². The molecule has 3 rings (SSSR count). The van der Waals surface area contributed by atoms with Crippen LogP contribution in [0.2, 0.25) is 0 Å². The highest BCUT2D eigenvalue weighted by atomic mass is 19.2. The molecule has 11 heteroatoms. The third-order valence-corrected chi connectivity index (χ3v) is 5.82. The number of halogens is 2. The van der Waals surface area contributed by atoms with E-state index in [0.29, 0.717) is 24.8 Å². The molecular weight excluding hydrogens is 460 g/mol. The topological polar surface area (TPSA) is 137 Å². The quantitative estimate of drug-likeness (QED) is 0.284. The molecule has 6 N–H and O–H groups in total. The maximum atomic E-state index is 13.4. The number of nitrogens with two attached hydrogens (primary N) is 1. The van der Waals surface area contributed by atoms with E-state index in [1.165, 1.54) is 6.92 Å². The summed E-state index contributed by atoms with van der Waals surface area (Å²) in [5, 5.41) is 17.6. The van der Waals surface area contributed by atoms with Gasteiger partial charge in [-0.3, -0.25) is 19.3 Å². The van der Waals surface area contributed by atoms with Gasteiger partial charge in [0.15, 0.2) is 11.6 Å². The Kier molecular flexibility index (Phi) is 8.58. The fourth-order valence-corrected chi connectivity index (χ4v) is 3.91. The van der Waals surface area contributed by atoms with Crippen molar-refractivity contribution in [2.75, 3.05) is 37.2 Å². The second kappa shape index (κ2) is 11.6. The van der Waals surface area contributed by atoms with Crippen molar-refractivity contribution in [3.05, 3.63) is 53.1 Å². The average Bonchev–Trinajstić information content (AvgIpc) is 2.81. The molecule has 0 bridgehead atoms. The number of carbonyl (C=O) groups is 3. The van der Waals surface area contributed by atoms with Gasteiger partial charge in [0, 0.05) is 31.8 Å². The number of amides is 3. The summed E-state index contributed by atoms with van der Waals surface area (Å²) < 4.78 is 26.5. The second-order valence-corrected chi connectivity index (χ2v) is 8.59. The van der Waals surface area contributed by atoms with Gasteiger partial charge in [0.25, 0.3) is 5.91 Å². The molecule has 9 nitrogen and oxygen atoms in total. The first kappa shape index (κ1) is 25.9. The van der Waals surface area contributed by atoms with E-state index in [4.69, 9.17) is 5.73 Å². The minimum Gasteiger partial charge on any atom is -0.506 e. The third kappa shape index (κ3) is 7.38. The number of benzene rings is 2. The lowest BCUT2D eigenvalue weighted by atomic mass is 9.96. The minimum atomic E-state index is -1.20. The number of phenols is 1. The van der Waals surface area contributed by atoms with Gasteiger partial charge >= 0.3 is 0 Å². The zero-order valence-electron chi connectivity index (χ0n) is 19.4. The molecule has 188 valence electrons. The molecular formula is C24H29F2N5O4. The number of nitrogens with zero attached hydrogens (tertiary/aromatic N) is 1. The Morgan fingerprint density at radius 1 is 1.09 bits per heavy atom. The Bertz CT molecular complexity index is 1100. The molecule has 0 spiro atoms. The number of piperidine rings is 1. The number of carbonyl (C=O) groups excluding carboxylic acids is 3. The molecule has 1 aliphatic rings. The summed E-state index contributed by atoms with van der Waals surface area (Å²) in [6, 6.07) is 6.55. The molecule has 1 saturated heterocycles. The van der Waals surface area contributed by atoms with Gasteiger partial charge in [-0.05, 0) is 55.6 Å². The van der Waals surface area contributed by atoms with Crippen molar-refractivity contribution in [1.82, 2.24) is 15.5 Å². The van der Waals surface area contributed by atoms with Gasteiger partial charge in [0.2, 0.25) is 11.8 Å². The molecule has 1 heterocycles. The van der Waals surface area contributed by atoms with Gasteiger partial charge < -0.3 is 26.8 Å². The van der Waals surface area contributed by atoms with Crippen LogP contribution in [0.25, 0.3) is 0 Å². The summed E-state index contributed by atoms with van der Waals surface area (Å²) >= 11 is 0. The van der Waals surface area contributed by atoms with Crippen LogP contribution in [0.1, 0.15) is 35.7 Å². The first-order valence-electron chi connectivity index (χ1n) is 11.2. The zero-order valence-corrected chi connectivity index (χ0v) is 19.4. The highest BCUT2D eigenvalue weighted by Gasteiger charge is 2.21. The van der Waals surface area contributed by atoms with Gasteiger partial charge in [0.1, 0.15) is 5.75 Å². The Balaban J connectivity index is 1.39. The monoisotopic (exact) mass is 489 g/mol. The Hall–Kier alpha value is -3.73. The first-order chi connectivity index (χ1) is 16.6. The predicted molar refractivity (Wildman–Crippen MR) is 127 cm³/mol. The summed E-state index contributed by atoms with van der Waals surface area (Å²) in [4.78, 5) is 37.8. The van der Waals surface area contributed by atoms with E-state index in [0.717, 1.165) is 37.6 Å². The van der Waals surface area contributed by atoms with Crippen LogP contribution in [0.4, 0.5) is 20.2 Å². The second-order valence-electron chi connectivity index (χ2n) is 8.59. The van der Waals surface area contributed by atoms with Gasteiger partial charge in [-0.2, -0.15) is 0 Å². The molecule has 2 aromatic rings. The summed E-state index contributed by atoms with van der Waals surface area (Å²) in [5.41, 5.74) is 6.45. The molecule has 35 heavy (non-hydrogen) atoms. The standard InChI is InChI=1S/C24H29F2N5O4/c1-14(32)30-21-8-16(2-3-22(21)33)13-31-6-4-15(5-7-31)11-28-23(34)12-29-24(35)17-9-18(25)19(26)10-20(17)27/h2-3,8-10,15,33H,4-7,11-13,27H2,1H3,(H,28,34)(H,29,35)(H,30,32). The largest absolute Gasteiger partial charge is 0.506 e. The van der Waals surface area contributed by atoms with Crippen LogP contribution < -0.4 is 21.7 Å². The third-order valence-electron chi connectivity index (χ3n) is 5.82. The van der Waals surface area contributed by atoms with Crippen LogP contribution in [-0.2, 0) is 16.1 Å². The lowest BCUT2D eigenvalue weighted by Gasteiger charge is -2.32. The SMILES string of the molecule is CC(=O)Nc1cc(CN2CCC(CNC(=O)CNC(=O)c3cc(F)c(F)cc3N)CC2)ccc1O.